The lowest BCUT2D eigenvalue weighted by Gasteiger charge is -2.05. The standard InChI is InChI=1S/C14H17N3O2/c1-8(2)17-7-12(10(4)16-17)13-11(14(18)19)6-5-9(3)15-13/h5-8H,1-4H3,(H,18,19). The number of aromatic carboxylic acids is 1. The maximum Gasteiger partial charge on any atom is 0.337 e. The third kappa shape index (κ3) is 2.50. The summed E-state index contributed by atoms with van der Waals surface area (Å²) in [7, 11) is 0. The Morgan fingerprint density at radius 2 is 2.00 bits per heavy atom. The number of carboxylic acid groups (broad SMARTS) is 1. The Kier molecular flexibility index (Phi) is 3.38. The van der Waals surface area contributed by atoms with Crippen LogP contribution in [0.4, 0.5) is 0 Å². The monoisotopic (exact) mass is 259 g/mol. The van der Waals surface area contributed by atoms with Gasteiger partial charge in [0.05, 0.1) is 17.0 Å². The number of pyridine rings is 1. The van der Waals surface area contributed by atoms with Gasteiger partial charge in [-0.2, -0.15) is 5.10 Å². The largest absolute Gasteiger partial charge is 0.478 e. The third-order valence-corrected chi connectivity index (χ3v) is 2.97. The smallest absolute Gasteiger partial charge is 0.337 e. The molecule has 0 spiro atoms. The van der Waals surface area contributed by atoms with E-state index in [-0.39, 0.29) is 11.6 Å². The van der Waals surface area contributed by atoms with Crippen molar-refractivity contribution in [3.63, 3.8) is 0 Å². The SMILES string of the molecule is Cc1ccc(C(=O)O)c(-c2cn(C(C)C)nc2C)n1. The average molecular weight is 259 g/mol. The lowest BCUT2D eigenvalue weighted by atomic mass is 10.1. The van der Waals surface area contributed by atoms with E-state index < -0.39 is 5.97 Å². The van der Waals surface area contributed by atoms with Crippen molar-refractivity contribution in [2.45, 2.75) is 33.7 Å². The van der Waals surface area contributed by atoms with E-state index in [1.165, 1.54) is 0 Å². The van der Waals surface area contributed by atoms with Gasteiger partial charge in [0.25, 0.3) is 0 Å². The van der Waals surface area contributed by atoms with Gasteiger partial charge in [-0.25, -0.2) is 4.79 Å². The number of rotatable bonds is 3. The van der Waals surface area contributed by atoms with Gasteiger partial charge in [-0.3, -0.25) is 9.67 Å². The lowest BCUT2D eigenvalue weighted by Crippen LogP contribution is -2.03. The van der Waals surface area contributed by atoms with Gasteiger partial charge < -0.3 is 5.11 Å². The molecule has 0 aliphatic heterocycles. The van der Waals surface area contributed by atoms with Gasteiger partial charge in [-0.15, -0.1) is 0 Å². The Hall–Kier alpha value is -2.17. The normalized spacial score (nSPS) is 11.0. The summed E-state index contributed by atoms with van der Waals surface area (Å²) >= 11 is 0. The molecule has 5 nitrogen and oxygen atoms in total. The van der Waals surface area contributed by atoms with Crippen LogP contribution in [0.5, 0.6) is 0 Å². The van der Waals surface area contributed by atoms with Crippen molar-refractivity contribution in [2.24, 2.45) is 0 Å². The van der Waals surface area contributed by atoms with E-state index in [2.05, 4.69) is 10.1 Å². The Morgan fingerprint density at radius 3 is 2.53 bits per heavy atom. The molecule has 0 fully saturated rings. The Labute approximate surface area is 111 Å². The van der Waals surface area contributed by atoms with Gasteiger partial charge in [-0.1, -0.05) is 0 Å². The summed E-state index contributed by atoms with van der Waals surface area (Å²) in [5.74, 6) is -0.973. The van der Waals surface area contributed by atoms with Crippen LogP contribution in [0.15, 0.2) is 18.3 Å². The number of hydrogen-bond acceptors (Lipinski definition) is 3. The fraction of sp³-hybridized carbons (Fsp3) is 0.357. The molecule has 19 heavy (non-hydrogen) atoms. The minimum atomic E-state index is -0.973. The van der Waals surface area contributed by atoms with Crippen LogP contribution in [-0.4, -0.2) is 25.8 Å². The first-order chi connectivity index (χ1) is 8.90. The van der Waals surface area contributed by atoms with Gasteiger partial charge in [0, 0.05) is 23.5 Å². The van der Waals surface area contributed by atoms with Crippen molar-refractivity contribution in [2.75, 3.05) is 0 Å². The topological polar surface area (TPSA) is 68.0 Å². The number of carboxylic acids is 1. The second-order valence-electron chi connectivity index (χ2n) is 4.86. The second-order valence-corrected chi connectivity index (χ2v) is 4.86. The molecule has 0 saturated heterocycles. The molecule has 0 radical (unpaired) electrons. The summed E-state index contributed by atoms with van der Waals surface area (Å²) < 4.78 is 1.82. The molecule has 0 saturated carbocycles. The highest BCUT2D eigenvalue weighted by Gasteiger charge is 2.18. The molecule has 0 amide bonds. The molecule has 2 rings (SSSR count). The predicted octanol–water partition coefficient (Wildman–Crippen LogP) is 2.84. The summed E-state index contributed by atoms with van der Waals surface area (Å²) in [5.41, 5.74) is 3.04. The molecule has 2 heterocycles. The Bertz CT molecular complexity index is 630. The first-order valence-electron chi connectivity index (χ1n) is 6.17. The molecule has 5 heteroatoms. The number of hydrogen-bond donors (Lipinski definition) is 1. The highest BCUT2D eigenvalue weighted by Crippen LogP contribution is 2.26. The van der Waals surface area contributed by atoms with E-state index in [1.54, 1.807) is 12.1 Å². The summed E-state index contributed by atoms with van der Waals surface area (Å²) in [6.45, 7) is 7.76. The Morgan fingerprint density at radius 1 is 1.32 bits per heavy atom. The fourth-order valence-electron chi connectivity index (χ4n) is 1.91. The maximum absolute atomic E-state index is 11.3. The number of aromatic nitrogens is 3. The van der Waals surface area contributed by atoms with E-state index in [0.717, 1.165) is 17.0 Å². The molecule has 0 unspecified atom stereocenters. The zero-order chi connectivity index (χ0) is 14.2. The van der Waals surface area contributed by atoms with Crippen molar-refractivity contribution in [1.29, 1.82) is 0 Å². The van der Waals surface area contributed by atoms with Crippen molar-refractivity contribution in [3.8, 4) is 11.3 Å². The van der Waals surface area contributed by atoms with Crippen LogP contribution in [0.3, 0.4) is 0 Å². The number of carbonyl (C=O) groups is 1. The minimum absolute atomic E-state index is 0.206. The Balaban J connectivity index is 2.64. The number of nitrogens with zero attached hydrogens (tertiary/aromatic N) is 3. The highest BCUT2D eigenvalue weighted by molar-refractivity contribution is 5.95. The summed E-state index contributed by atoms with van der Waals surface area (Å²) in [5, 5.41) is 13.7. The van der Waals surface area contributed by atoms with Gasteiger partial charge in [0.2, 0.25) is 0 Å². The minimum Gasteiger partial charge on any atom is -0.478 e. The van der Waals surface area contributed by atoms with Crippen LogP contribution in [0.1, 0.15) is 41.6 Å². The summed E-state index contributed by atoms with van der Waals surface area (Å²) in [6, 6.07) is 3.52. The highest BCUT2D eigenvalue weighted by atomic mass is 16.4. The van der Waals surface area contributed by atoms with E-state index in [9.17, 15) is 9.90 Å². The van der Waals surface area contributed by atoms with Gasteiger partial charge >= 0.3 is 5.97 Å². The lowest BCUT2D eigenvalue weighted by molar-refractivity contribution is 0.0697. The zero-order valence-electron chi connectivity index (χ0n) is 11.5. The molecule has 0 bridgehead atoms. The third-order valence-electron chi connectivity index (χ3n) is 2.97. The van der Waals surface area contributed by atoms with Crippen molar-refractivity contribution in [1.82, 2.24) is 14.8 Å². The number of aryl methyl sites for hydroxylation is 2. The quantitative estimate of drug-likeness (QED) is 0.920. The van der Waals surface area contributed by atoms with Gasteiger partial charge in [-0.05, 0) is 39.8 Å². The van der Waals surface area contributed by atoms with Crippen LogP contribution in [0.2, 0.25) is 0 Å². The molecular formula is C14H17N3O2. The van der Waals surface area contributed by atoms with Crippen molar-refractivity contribution >= 4 is 5.97 Å². The first-order valence-corrected chi connectivity index (χ1v) is 6.17. The first kappa shape index (κ1) is 13.3. The van der Waals surface area contributed by atoms with Crippen LogP contribution in [0, 0.1) is 13.8 Å². The molecule has 2 aromatic rings. The molecule has 100 valence electrons. The van der Waals surface area contributed by atoms with Crippen molar-refractivity contribution < 1.29 is 9.90 Å². The maximum atomic E-state index is 11.3. The molecular weight excluding hydrogens is 242 g/mol. The van der Waals surface area contributed by atoms with E-state index in [0.29, 0.717) is 5.69 Å². The fourth-order valence-corrected chi connectivity index (χ4v) is 1.91. The van der Waals surface area contributed by atoms with E-state index in [1.807, 2.05) is 38.6 Å². The predicted molar refractivity (Wildman–Crippen MR) is 72.3 cm³/mol. The summed E-state index contributed by atoms with van der Waals surface area (Å²) in [6.07, 6.45) is 1.86. The summed E-state index contributed by atoms with van der Waals surface area (Å²) in [4.78, 5) is 15.7. The molecule has 2 aromatic heterocycles. The van der Waals surface area contributed by atoms with Crippen LogP contribution in [0.25, 0.3) is 11.3 Å². The zero-order valence-corrected chi connectivity index (χ0v) is 11.5. The van der Waals surface area contributed by atoms with E-state index >= 15 is 0 Å². The molecule has 0 atom stereocenters. The van der Waals surface area contributed by atoms with Gasteiger partial charge in [0.15, 0.2) is 0 Å². The average Bonchev–Trinajstić information content (AvgIpc) is 2.71. The van der Waals surface area contributed by atoms with Gasteiger partial charge in [0.1, 0.15) is 0 Å². The van der Waals surface area contributed by atoms with Crippen LogP contribution >= 0.6 is 0 Å². The molecule has 0 aliphatic rings. The van der Waals surface area contributed by atoms with Crippen molar-refractivity contribution in [3.05, 3.63) is 35.3 Å². The molecule has 0 aliphatic carbocycles. The second kappa shape index (κ2) is 4.84. The van der Waals surface area contributed by atoms with Crippen LogP contribution in [-0.2, 0) is 0 Å². The molecule has 0 aromatic carbocycles. The molecule has 1 N–H and O–H groups in total. The van der Waals surface area contributed by atoms with Crippen LogP contribution < -0.4 is 0 Å². The van der Waals surface area contributed by atoms with E-state index in [4.69, 9.17) is 0 Å².